The molecule has 1 rings (SSSR count). The molecule has 0 aliphatic heterocycles. The molecule has 0 heterocycles. The number of hydrogen-bond donors (Lipinski definition) is 1. The van der Waals surface area contributed by atoms with Crippen molar-refractivity contribution < 1.29 is 4.39 Å². The molecule has 1 nitrogen and oxygen atoms in total. The first-order valence-corrected chi connectivity index (χ1v) is 4.77. The quantitative estimate of drug-likeness (QED) is 0.758. The summed E-state index contributed by atoms with van der Waals surface area (Å²) >= 11 is 5.63. The van der Waals surface area contributed by atoms with Crippen molar-refractivity contribution >= 4 is 11.6 Å². The van der Waals surface area contributed by atoms with Gasteiger partial charge in [-0.15, -0.1) is 0 Å². The van der Waals surface area contributed by atoms with E-state index in [0.717, 1.165) is 5.57 Å². The number of benzene rings is 1. The van der Waals surface area contributed by atoms with E-state index in [0.29, 0.717) is 18.7 Å². The molecule has 0 amide bonds. The van der Waals surface area contributed by atoms with Crippen LogP contribution >= 0.6 is 11.6 Å². The third-order valence-electron chi connectivity index (χ3n) is 1.77. The minimum absolute atomic E-state index is 0.166. The summed E-state index contributed by atoms with van der Waals surface area (Å²) in [5.74, 6) is -0.344. The van der Waals surface area contributed by atoms with Crippen LogP contribution in [-0.2, 0) is 6.54 Å². The van der Waals surface area contributed by atoms with Crippen LogP contribution in [0.2, 0.25) is 5.02 Å². The molecule has 0 fully saturated rings. The Balaban J connectivity index is 2.59. The van der Waals surface area contributed by atoms with Crippen molar-refractivity contribution in [2.45, 2.75) is 13.5 Å². The highest BCUT2D eigenvalue weighted by molar-refractivity contribution is 6.30. The monoisotopic (exact) mass is 213 g/mol. The van der Waals surface area contributed by atoms with E-state index in [-0.39, 0.29) is 10.8 Å². The second kappa shape index (κ2) is 5.13. The molecule has 0 bridgehead atoms. The maximum Gasteiger partial charge on any atom is 0.146 e. The summed E-state index contributed by atoms with van der Waals surface area (Å²) in [5.41, 5.74) is 1.60. The van der Waals surface area contributed by atoms with Gasteiger partial charge in [-0.25, -0.2) is 4.39 Å². The third-order valence-corrected chi connectivity index (χ3v) is 2.07. The minimum Gasteiger partial charge on any atom is -0.309 e. The first-order valence-electron chi connectivity index (χ1n) is 4.39. The van der Waals surface area contributed by atoms with Crippen LogP contribution in [0.15, 0.2) is 30.4 Å². The largest absolute Gasteiger partial charge is 0.309 e. The zero-order valence-electron chi connectivity index (χ0n) is 8.11. The van der Waals surface area contributed by atoms with Crippen LogP contribution in [0.3, 0.4) is 0 Å². The van der Waals surface area contributed by atoms with E-state index in [1.54, 1.807) is 18.2 Å². The highest BCUT2D eigenvalue weighted by Crippen LogP contribution is 2.17. The Hall–Kier alpha value is -0.860. The fraction of sp³-hybridized carbons (Fsp3) is 0.273. The van der Waals surface area contributed by atoms with Gasteiger partial charge >= 0.3 is 0 Å². The van der Waals surface area contributed by atoms with Crippen LogP contribution in [-0.4, -0.2) is 6.54 Å². The van der Waals surface area contributed by atoms with Gasteiger partial charge in [0.25, 0.3) is 0 Å². The fourth-order valence-corrected chi connectivity index (χ4v) is 1.29. The van der Waals surface area contributed by atoms with E-state index in [1.807, 2.05) is 6.92 Å². The predicted octanol–water partition coefficient (Wildman–Crippen LogP) is 3.14. The lowest BCUT2D eigenvalue weighted by atomic mass is 10.2. The Bertz CT molecular complexity index is 336. The molecule has 0 aromatic heterocycles. The Labute approximate surface area is 88.6 Å². The lowest BCUT2D eigenvalue weighted by Crippen LogP contribution is -2.16. The van der Waals surface area contributed by atoms with Gasteiger partial charge in [-0.05, 0) is 13.0 Å². The van der Waals surface area contributed by atoms with E-state index >= 15 is 0 Å². The molecule has 14 heavy (non-hydrogen) atoms. The lowest BCUT2D eigenvalue weighted by molar-refractivity contribution is 0.595. The molecule has 1 aromatic rings. The van der Waals surface area contributed by atoms with Crippen molar-refractivity contribution in [3.8, 4) is 0 Å². The molecule has 0 aliphatic rings. The fourth-order valence-electron chi connectivity index (χ4n) is 1.10. The lowest BCUT2D eigenvalue weighted by Gasteiger charge is -2.06. The third kappa shape index (κ3) is 3.13. The minimum atomic E-state index is -0.344. The zero-order valence-corrected chi connectivity index (χ0v) is 8.87. The Kier molecular flexibility index (Phi) is 4.11. The Morgan fingerprint density at radius 2 is 2.29 bits per heavy atom. The van der Waals surface area contributed by atoms with Crippen LogP contribution in [0.25, 0.3) is 0 Å². The van der Waals surface area contributed by atoms with Crippen molar-refractivity contribution in [2.24, 2.45) is 0 Å². The molecule has 0 radical (unpaired) electrons. The normalized spacial score (nSPS) is 10.2. The molecule has 1 N–H and O–H groups in total. The Morgan fingerprint density at radius 3 is 2.93 bits per heavy atom. The summed E-state index contributed by atoms with van der Waals surface area (Å²) < 4.78 is 13.3. The van der Waals surface area contributed by atoms with E-state index in [1.165, 1.54) is 0 Å². The average molecular weight is 214 g/mol. The molecule has 0 spiro atoms. The number of nitrogens with one attached hydrogen (secondary N) is 1. The molecule has 0 saturated heterocycles. The van der Waals surface area contributed by atoms with Gasteiger partial charge < -0.3 is 5.32 Å². The maximum absolute atomic E-state index is 13.3. The van der Waals surface area contributed by atoms with Gasteiger partial charge in [-0.2, -0.15) is 0 Å². The van der Waals surface area contributed by atoms with Gasteiger partial charge in [-0.1, -0.05) is 35.9 Å². The molecule has 3 heteroatoms. The summed E-state index contributed by atoms with van der Waals surface area (Å²) in [6.07, 6.45) is 0. The summed E-state index contributed by atoms with van der Waals surface area (Å²) in [5, 5.41) is 3.24. The van der Waals surface area contributed by atoms with Crippen molar-refractivity contribution in [3.05, 3.63) is 46.8 Å². The standard InChI is InChI=1S/C11H13ClFN/c1-8(2)6-14-7-9-4-3-5-10(12)11(9)13/h3-5,14H,1,6-7H2,2H3. The van der Waals surface area contributed by atoms with Crippen molar-refractivity contribution in [1.29, 1.82) is 0 Å². The summed E-state index contributed by atoms with van der Waals surface area (Å²) in [4.78, 5) is 0. The first kappa shape index (κ1) is 11.2. The number of halogens is 2. The second-order valence-corrected chi connectivity index (χ2v) is 3.68. The first-order chi connectivity index (χ1) is 6.61. The van der Waals surface area contributed by atoms with Gasteiger partial charge in [0, 0.05) is 18.7 Å². The van der Waals surface area contributed by atoms with Gasteiger partial charge in [-0.3, -0.25) is 0 Å². The molecule has 0 atom stereocenters. The van der Waals surface area contributed by atoms with Gasteiger partial charge in [0.1, 0.15) is 5.82 Å². The average Bonchev–Trinajstić information content (AvgIpc) is 2.12. The topological polar surface area (TPSA) is 12.0 Å². The maximum atomic E-state index is 13.3. The highest BCUT2D eigenvalue weighted by atomic mass is 35.5. The van der Waals surface area contributed by atoms with Crippen LogP contribution in [0.1, 0.15) is 12.5 Å². The second-order valence-electron chi connectivity index (χ2n) is 3.27. The van der Waals surface area contributed by atoms with Gasteiger partial charge in [0.15, 0.2) is 0 Å². The number of rotatable bonds is 4. The molecule has 1 aromatic carbocycles. The number of hydrogen-bond acceptors (Lipinski definition) is 1. The zero-order chi connectivity index (χ0) is 10.6. The predicted molar refractivity (Wildman–Crippen MR) is 57.9 cm³/mol. The van der Waals surface area contributed by atoms with E-state index < -0.39 is 0 Å². The highest BCUT2D eigenvalue weighted by Gasteiger charge is 2.04. The van der Waals surface area contributed by atoms with Gasteiger partial charge in [0.2, 0.25) is 0 Å². The molecular formula is C11H13ClFN. The molecular weight excluding hydrogens is 201 g/mol. The van der Waals surface area contributed by atoms with Crippen LogP contribution < -0.4 is 5.32 Å². The molecule has 0 unspecified atom stereocenters. The van der Waals surface area contributed by atoms with Crippen LogP contribution in [0.5, 0.6) is 0 Å². The van der Waals surface area contributed by atoms with Crippen LogP contribution in [0, 0.1) is 5.82 Å². The molecule has 0 aliphatic carbocycles. The van der Waals surface area contributed by atoms with Crippen molar-refractivity contribution in [1.82, 2.24) is 5.32 Å². The van der Waals surface area contributed by atoms with Crippen molar-refractivity contribution in [3.63, 3.8) is 0 Å². The smallest absolute Gasteiger partial charge is 0.146 e. The van der Waals surface area contributed by atoms with E-state index in [9.17, 15) is 4.39 Å². The van der Waals surface area contributed by atoms with Crippen molar-refractivity contribution in [2.75, 3.05) is 6.54 Å². The summed E-state index contributed by atoms with van der Waals surface area (Å²) in [7, 11) is 0. The van der Waals surface area contributed by atoms with E-state index in [4.69, 9.17) is 11.6 Å². The Morgan fingerprint density at radius 1 is 1.57 bits per heavy atom. The molecule has 76 valence electrons. The van der Waals surface area contributed by atoms with Gasteiger partial charge in [0.05, 0.1) is 5.02 Å². The molecule has 0 saturated carbocycles. The summed E-state index contributed by atoms with van der Waals surface area (Å²) in [6.45, 7) is 6.82. The SMILES string of the molecule is C=C(C)CNCc1cccc(Cl)c1F. The van der Waals surface area contributed by atoms with E-state index in [2.05, 4.69) is 11.9 Å². The summed E-state index contributed by atoms with van der Waals surface area (Å²) in [6, 6.07) is 5.00. The van der Waals surface area contributed by atoms with Crippen LogP contribution in [0.4, 0.5) is 4.39 Å².